The molecule has 1 aromatic carbocycles. The number of aromatic nitrogens is 5. The molecule has 0 aliphatic rings. The lowest BCUT2D eigenvalue weighted by molar-refractivity contribution is -0.662. The normalized spacial score (nSPS) is 10.5. The summed E-state index contributed by atoms with van der Waals surface area (Å²) in [6.07, 6.45) is 3.21. The standard InChI is InChI=1S/C14H13N5O/c1-10-16-14(12-8-15-9-13(17-12)20-2)18-19(10)11-6-4-3-5-7-11/h3-9H,1-2H3/p+1. The second-order valence-corrected chi connectivity index (χ2v) is 4.24. The fourth-order valence-corrected chi connectivity index (χ4v) is 1.93. The molecule has 3 aromatic rings. The number of hydrogen-bond donors (Lipinski definition) is 1. The predicted octanol–water partition coefficient (Wildman–Crippen LogP) is 1.46. The molecule has 0 saturated carbocycles. The largest absolute Gasteiger partial charge is 0.480 e. The number of methoxy groups -OCH3 is 1. The van der Waals surface area contributed by atoms with Crippen LogP contribution >= 0.6 is 0 Å². The van der Waals surface area contributed by atoms with Crippen LogP contribution in [0.4, 0.5) is 0 Å². The Morgan fingerprint density at radius 1 is 1.10 bits per heavy atom. The van der Waals surface area contributed by atoms with Gasteiger partial charge < -0.3 is 4.74 Å². The van der Waals surface area contributed by atoms with Gasteiger partial charge in [0.1, 0.15) is 0 Å². The molecule has 0 saturated heterocycles. The van der Waals surface area contributed by atoms with E-state index in [-0.39, 0.29) is 0 Å². The molecule has 0 fully saturated rings. The summed E-state index contributed by atoms with van der Waals surface area (Å²) < 4.78 is 6.98. The number of benzene rings is 1. The van der Waals surface area contributed by atoms with Gasteiger partial charge in [-0.25, -0.2) is 4.98 Å². The van der Waals surface area contributed by atoms with E-state index in [4.69, 9.17) is 4.74 Å². The van der Waals surface area contributed by atoms with Gasteiger partial charge in [0.25, 0.3) is 0 Å². The van der Waals surface area contributed by atoms with E-state index in [0.29, 0.717) is 17.4 Å². The van der Waals surface area contributed by atoms with Gasteiger partial charge in [0.2, 0.25) is 5.88 Å². The van der Waals surface area contributed by atoms with Crippen molar-refractivity contribution in [2.75, 3.05) is 7.11 Å². The van der Waals surface area contributed by atoms with Crippen molar-refractivity contribution < 1.29 is 9.42 Å². The number of hydrogen-bond acceptors (Lipinski definition) is 4. The van der Waals surface area contributed by atoms with Crippen LogP contribution in [0.25, 0.3) is 17.2 Å². The lowest BCUT2D eigenvalue weighted by Gasteiger charge is -1.97. The Labute approximate surface area is 116 Å². The highest BCUT2D eigenvalue weighted by Crippen LogP contribution is 2.14. The van der Waals surface area contributed by atoms with Crippen molar-refractivity contribution in [2.24, 2.45) is 0 Å². The van der Waals surface area contributed by atoms with Crippen LogP contribution in [0.2, 0.25) is 0 Å². The van der Waals surface area contributed by atoms with Crippen LogP contribution in [0.5, 0.6) is 5.88 Å². The number of ether oxygens (including phenoxy) is 1. The van der Waals surface area contributed by atoms with Crippen LogP contribution in [0.3, 0.4) is 0 Å². The van der Waals surface area contributed by atoms with E-state index in [1.807, 2.05) is 41.9 Å². The van der Waals surface area contributed by atoms with Crippen LogP contribution in [-0.4, -0.2) is 27.2 Å². The summed E-state index contributed by atoms with van der Waals surface area (Å²) >= 11 is 0. The minimum absolute atomic E-state index is 0.461. The van der Waals surface area contributed by atoms with Gasteiger partial charge in [0.05, 0.1) is 19.5 Å². The fraction of sp³-hybridized carbons (Fsp3) is 0.143. The predicted molar refractivity (Wildman–Crippen MR) is 72.4 cm³/mol. The summed E-state index contributed by atoms with van der Waals surface area (Å²) in [5.74, 6) is 1.95. The first kappa shape index (κ1) is 12.3. The second-order valence-electron chi connectivity index (χ2n) is 4.24. The summed E-state index contributed by atoms with van der Waals surface area (Å²) in [5, 5.41) is 3.21. The smallest absolute Gasteiger partial charge is 0.321 e. The van der Waals surface area contributed by atoms with Crippen molar-refractivity contribution in [3.05, 3.63) is 48.5 Å². The van der Waals surface area contributed by atoms with Crippen LogP contribution in [0, 0.1) is 6.92 Å². The number of H-pyrrole nitrogens is 1. The van der Waals surface area contributed by atoms with Crippen molar-refractivity contribution in [1.82, 2.24) is 20.1 Å². The monoisotopic (exact) mass is 268 g/mol. The molecule has 0 amide bonds. The molecule has 0 atom stereocenters. The van der Waals surface area contributed by atoms with Crippen LogP contribution in [-0.2, 0) is 0 Å². The average molecular weight is 268 g/mol. The zero-order chi connectivity index (χ0) is 13.9. The molecule has 2 aromatic heterocycles. The lowest BCUT2D eigenvalue weighted by Crippen LogP contribution is -2.35. The topological polar surface area (TPSA) is 67.6 Å². The Balaban J connectivity index is 2.04. The van der Waals surface area contributed by atoms with Crippen molar-refractivity contribution in [3.63, 3.8) is 0 Å². The Morgan fingerprint density at radius 3 is 2.65 bits per heavy atom. The van der Waals surface area contributed by atoms with Gasteiger partial charge in [-0.1, -0.05) is 18.2 Å². The molecule has 3 rings (SSSR count). The van der Waals surface area contributed by atoms with Crippen molar-refractivity contribution in [1.29, 1.82) is 0 Å². The third kappa shape index (κ3) is 2.23. The zero-order valence-electron chi connectivity index (χ0n) is 11.2. The van der Waals surface area contributed by atoms with E-state index in [9.17, 15) is 0 Å². The maximum absolute atomic E-state index is 5.08. The van der Waals surface area contributed by atoms with Crippen molar-refractivity contribution in [2.45, 2.75) is 6.92 Å². The molecule has 0 aliphatic carbocycles. The molecule has 20 heavy (non-hydrogen) atoms. The molecule has 0 unspecified atom stereocenters. The van der Waals surface area contributed by atoms with E-state index >= 15 is 0 Å². The number of nitrogens with one attached hydrogen (secondary N) is 1. The van der Waals surface area contributed by atoms with Gasteiger partial charge in [-0.2, -0.15) is 5.10 Å². The molecule has 2 heterocycles. The number of aromatic amines is 1. The van der Waals surface area contributed by atoms with E-state index in [1.54, 1.807) is 19.5 Å². The molecule has 1 N–H and O–H groups in total. The second kappa shape index (κ2) is 5.08. The summed E-state index contributed by atoms with van der Waals surface area (Å²) in [6, 6.07) is 9.95. The van der Waals surface area contributed by atoms with Gasteiger partial charge in [0, 0.05) is 6.92 Å². The van der Waals surface area contributed by atoms with Crippen LogP contribution in [0.15, 0.2) is 42.7 Å². The average Bonchev–Trinajstić information content (AvgIpc) is 2.90. The number of rotatable bonds is 3. The first-order chi connectivity index (χ1) is 9.78. The molecule has 0 spiro atoms. The molecular weight excluding hydrogens is 254 g/mol. The number of nitrogens with zero attached hydrogens (tertiary/aromatic N) is 4. The Kier molecular flexibility index (Phi) is 3.12. The van der Waals surface area contributed by atoms with Crippen molar-refractivity contribution in [3.8, 4) is 23.1 Å². The molecule has 6 heteroatoms. The SMILES string of the molecule is COc1cncc(-c2nc(C)[n+](-c3ccccc3)[nH]2)n1. The molecule has 0 radical (unpaired) electrons. The van der Waals surface area contributed by atoms with Gasteiger partial charge in [-0.15, -0.1) is 4.68 Å². The highest BCUT2D eigenvalue weighted by Gasteiger charge is 2.19. The third-order valence-electron chi connectivity index (χ3n) is 2.89. The first-order valence-corrected chi connectivity index (χ1v) is 6.18. The Bertz CT molecular complexity index is 723. The fourth-order valence-electron chi connectivity index (χ4n) is 1.93. The van der Waals surface area contributed by atoms with Crippen LogP contribution in [0.1, 0.15) is 5.82 Å². The van der Waals surface area contributed by atoms with Crippen molar-refractivity contribution >= 4 is 0 Å². The minimum Gasteiger partial charge on any atom is -0.480 e. The highest BCUT2D eigenvalue weighted by molar-refractivity contribution is 5.46. The minimum atomic E-state index is 0.461. The highest BCUT2D eigenvalue weighted by atomic mass is 16.5. The van der Waals surface area contributed by atoms with Gasteiger partial charge >= 0.3 is 11.6 Å². The molecule has 6 nitrogen and oxygen atoms in total. The van der Waals surface area contributed by atoms with E-state index in [2.05, 4.69) is 20.1 Å². The third-order valence-corrected chi connectivity index (χ3v) is 2.89. The van der Waals surface area contributed by atoms with E-state index in [1.165, 1.54) is 0 Å². The van der Waals surface area contributed by atoms with Gasteiger partial charge in [-0.3, -0.25) is 4.98 Å². The maximum atomic E-state index is 5.08. The maximum Gasteiger partial charge on any atom is 0.321 e. The summed E-state index contributed by atoms with van der Waals surface area (Å²) in [5.41, 5.74) is 1.65. The summed E-state index contributed by atoms with van der Waals surface area (Å²) in [7, 11) is 1.56. The van der Waals surface area contributed by atoms with Gasteiger partial charge in [0.15, 0.2) is 11.4 Å². The molecule has 0 aliphatic heterocycles. The number of aryl methyl sites for hydroxylation is 1. The van der Waals surface area contributed by atoms with Gasteiger partial charge in [-0.05, 0) is 17.1 Å². The van der Waals surface area contributed by atoms with E-state index in [0.717, 1.165) is 11.5 Å². The van der Waals surface area contributed by atoms with E-state index < -0.39 is 0 Å². The molecule has 100 valence electrons. The quantitative estimate of drug-likeness (QED) is 0.730. The number of para-hydroxylation sites is 1. The molecular formula is C14H14N5O+. The zero-order valence-corrected chi connectivity index (χ0v) is 11.2. The lowest BCUT2D eigenvalue weighted by atomic mass is 10.3. The summed E-state index contributed by atoms with van der Waals surface area (Å²) in [6.45, 7) is 1.93. The first-order valence-electron chi connectivity index (χ1n) is 6.18. The molecule has 0 bridgehead atoms. The Morgan fingerprint density at radius 2 is 1.90 bits per heavy atom. The summed E-state index contributed by atoms with van der Waals surface area (Å²) in [4.78, 5) is 12.9. The Hall–Kier alpha value is -2.76. The van der Waals surface area contributed by atoms with Crippen LogP contribution < -0.4 is 9.42 Å².